The van der Waals surface area contributed by atoms with Gasteiger partial charge in [-0.05, 0) is 55.3 Å². The van der Waals surface area contributed by atoms with Crippen LogP contribution in [0.4, 0.5) is 18.0 Å². The molecule has 2 amide bonds. The Morgan fingerprint density at radius 1 is 1.00 bits per heavy atom. The van der Waals surface area contributed by atoms with Crippen LogP contribution >= 0.6 is 0 Å². The highest BCUT2D eigenvalue weighted by Crippen LogP contribution is 2.29. The molecular weight excluding hydrogens is 391 g/mol. The van der Waals surface area contributed by atoms with Gasteiger partial charge in [0.2, 0.25) is 0 Å². The van der Waals surface area contributed by atoms with E-state index in [4.69, 9.17) is 0 Å². The average molecular weight is 415 g/mol. The molecule has 2 N–H and O–H groups in total. The summed E-state index contributed by atoms with van der Waals surface area (Å²) in [7, 11) is 0. The van der Waals surface area contributed by atoms with E-state index in [0.29, 0.717) is 6.54 Å². The highest BCUT2D eigenvalue weighted by Gasteiger charge is 2.30. The van der Waals surface area contributed by atoms with Crippen molar-refractivity contribution in [3.05, 3.63) is 70.8 Å². The van der Waals surface area contributed by atoms with Gasteiger partial charge in [0, 0.05) is 18.7 Å². The van der Waals surface area contributed by atoms with Gasteiger partial charge in [-0.15, -0.1) is 0 Å². The number of urea groups is 1. The lowest BCUT2D eigenvalue weighted by Crippen LogP contribution is -2.35. The van der Waals surface area contributed by atoms with Crippen molar-refractivity contribution in [1.29, 1.82) is 0 Å². The second-order valence-corrected chi connectivity index (χ2v) is 7.17. The molecule has 158 valence electrons. The van der Waals surface area contributed by atoms with Gasteiger partial charge in [0.05, 0.1) is 12.1 Å². The average Bonchev–Trinajstić information content (AvgIpc) is 3.23. The number of likely N-dealkylation sites (tertiary alicyclic amines) is 1. The molecule has 7 heteroatoms. The Bertz CT molecular complexity index is 925. The molecule has 0 saturated carbocycles. The first kappa shape index (κ1) is 21.7. The predicted octanol–water partition coefficient (Wildman–Crippen LogP) is 4.15. The number of hydrogen-bond donors (Lipinski definition) is 2. The zero-order chi connectivity index (χ0) is 21.4. The molecule has 30 heavy (non-hydrogen) atoms. The Morgan fingerprint density at radius 3 is 2.47 bits per heavy atom. The van der Waals surface area contributed by atoms with Gasteiger partial charge < -0.3 is 10.6 Å². The standard InChI is InChI=1S/C23H24F3N3O/c24-23(25,26)21-11-5-7-18(15-21)8-6-12-27-22(30)28-16-19-9-1-2-10-20(19)17-29-13-3-4-14-29/h1-2,5,7,9-11,15H,3-4,12-14,16-17H2,(H2,27,28,30). The third-order valence-electron chi connectivity index (χ3n) is 4.91. The number of nitrogens with zero attached hydrogens (tertiary/aromatic N) is 1. The van der Waals surface area contributed by atoms with E-state index in [1.165, 1.54) is 30.5 Å². The summed E-state index contributed by atoms with van der Waals surface area (Å²) >= 11 is 0. The predicted molar refractivity (Wildman–Crippen MR) is 110 cm³/mol. The first-order valence-electron chi connectivity index (χ1n) is 9.89. The minimum Gasteiger partial charge on any atom is -0.334 e. The number of rotatable bonds is 5. The summed E-state index contributed by atoms with van der Waals surface area (Å²) in [5.41, 5.74) is 1.77. The largest absolute Gasteiger partial charge is 0.416 e. The van der Waals surface area contributed by atoms with E-state index in [-0.39, 0.29) is 18.1 Å². The van der Waals surface area contributed by atoms with Crippen LogP contribution < -0.4 is 10.6 Å². The fourth-order valence-corrected chi connectivity index (χ4v) is 3.35. The molecule has 1 aliphatic heterocycles. The molecule has 1 saturated heterocycles. The van der Waals surface area contributed by atoms with Crippen LogP contribution in [0.15, 0.2) is 48.5 Å². The summed E-state index contributed by atoms with van der Waals surface area (Å²) in [5, 5.41) is 5.41. The van der Waals surface area contributed by atoms with E-state index in [2.05, 4.69) is 33.4 Å². The van der Waals surface area contributed by atoms with E-state index < -0.39 is 11.7 Å². The van der Waals surface area contributed by atoms with Crippen LogP contribution in [-0.4, -0.2) is 30.6 Å². The minimum absolute atomic E-state index is 0.0392. The summed E-state index contributed by atoms with van der Waals surface area (Å²) in [6, 6.07) is 12.5. The van der Waals surface area contributed by atoms with Gasteiger partial charge in [0.1, 0.15) is 0 Å². The molecule has 0 aromatic heterocycles. The quantitative estimate of drug-likeness (QED) is 0.721. The van der Waals surface area contributed by atoms with Crippen molar-refractivity contribution >= 4 is 6.03 Å². The zero-order valence-electron chi connectivity index (χ0n) is 16.6. The van der Waals surface area contributed by atoms with Crippen molar-refractivity contribution in [1.82, 2.24) is 15.5 Å². The lowest BCUT2D eigenvalue weighted by molar-refractivity contribution is -0.137. The van der Waals surface area contributed by atoms with Crippen LogP contribution in [0, 0.1) is 11.8 Å². The maximum Gasteiger partial charge on any atom is 0.416 e. The molecule has 0 unspecified atom stereocenters. The fraction of sp³-hybridized carbons (Fsp3) is 0.348. The molecular formula is C23H24F3N3O. The highest BCUT2D eigenvalue weighted by atomic mass is 19.4. The monoisotopic (exact) mass is 415 g/mol. The molecule has 4 nitrogen and oxygen atoms in total. The Balaban J connectivity index is 1.47. The van der Waals surface area contributed by atoms with Crippen molar-refractivity contribution < 1.29 is 18.0 Å². The summed E-state index contributed by atoms with van der Waals surface area (Å²) in [5.74, 6) is 5.31. The van der Waals surface area contributed by atoms with Crippen molar-refractivity contribution in [2.75, 3.05) is 19.6 Å². The third-order valence-corrected chi connectivity index (χ3v) is 4.91. The second kappa shape index (κ2) is 10.2. The minimum atomic E-state index is -4.40. The van der Waals surface area contributed by atoms with Gasteiger partial charge in [0.25, 0.3) is 0 Å². The summed E-state index contributed by atoms with van der Waals surface area (Å²) in [4.78, 5) is 14.4. The topological polar surface area (TPSA) is 44.4 Å². The summed E-state index contributed by atoms with van der Waals surface area (Å²) < 4.78 is 38.1. The van der Waals surface area contributed by atoms with Crippen LogP contribution in [0.2, 0.25) is 0 Å². The van der Waals surface area contributed by atoms with E-state index >= 15 is 0 Å². The molecule has 0 atom stereocenters. The first-order chi connectivity index (χ1) is 14.4. The normalized spacial score (nSPS) is 14.1. The van der Waals surface area contributed by atoms with Crippen molar-refractivity contribution in [2.24, 2.45) is 0 Å². The zero-order valence-corrected chi connectivity index (χ0v) is 16.6. The first-order valence-corrected chi connectivity index (χ1v) is 9.89. The van der Waals surface area contributed by atoms with Crippen molar-refractivity contribution in [3.63, 3.8) is 0 Å². The number of carbonyl (C=O) groups excluding carboxylic acids is 1. The molecule has 1 fully saturated rings. The Morgan fingerprint density at radius 2 is 1.73 bits per heavy atom. The van der Waals surface area contributed by atoms with Crippen molar-refractivity contribution in [2.45, 2.75) is 32.1 Å². The lowest BCUT2D eigenvalue weighted by Gasteiger charge is -2.17. The maximum absolute atomic E-state index is 12.7. The van der Waals surface area contributed by atoms with Crippen molar-refractivity contribution in [3.8, 4) is 11.8 Å². The Kier molecular flexibility index (Phi) is 7.36. The van der Waals surface area contributed by atoms with Gasteiger partial charge in [-0.1, -0.05) is 42.2 Å². The van der Waals surface area contributed by atoms with Crippen LogP contribution in [0.1, 0.15) is 35.1 Å². The summed E-state index contributed by atoms with van der Waals surface area (Å²) in [6.45, 7) is 3.52. The molecule has 2 aromatic rings. The Labute approximate surface area is 174 Å². The molecule has 0 radical (unpaired) electrons. The third kappa shape index (κ3) is 6.53. The number of benzene rings is 2. The highest BCUT2D eigenvalue weighted by molar-refractivity contribution is 5.74. The SMILES string of the molecule is O=C(NCC#Cc1cccc(C(F)(F)F)c1)NCc1ccccc1CN1CCCC1. The molecule has 0 aliphatic carbocycles. The van der Waals surface area contributed by atoms with Crippen LogP contribution in [0.5, 0.6) is 0 Å². The van der Waals surface area contributed by atoms with Crippen LogP contribution in [0.3, 0.4) is 0 Å². The number of halogens is 3. The summed E-state index contributed by atoms with van der Waals surface area (Å²) in [6.07, 6.45) is -1.95. The number of amides is 2. The van der Waals surface area contributed by atoms with Crippen LogP contribution in [-0.2, 0) is 19.3 Å². The number of hydrogen-bond acceptors (Lipinski definition) is 2. The van der Waals surface area contributed by atoms with E-state index in [1.807, 2.05) is 18.2 Å². The molecule has 0 bridgehead atoms. The Hall–Kier alpha value is -2.98. The molecule has 0 spiro atoms. The van der Waals surface area contributed by atoms with Crippen LogP contribution in [0.25, 0.3) is 0 Å². The molecule has 1 heterocycles. The van der Waals surface area contributed by atoms with Gasteiger partial charge in [-0.2, -0.15) is 13.2 Å². The van der Waals surface area contributed by atoms with E-state index in [9.17, 15) is 18.0 Å². The molecule has 2 aromatic carbocycles. The van der Waals surface area contributed by atoms with E-state index in [0.717, 1.165) is 37.3 Å². The van der Waals surface area contributed by atoms with Gasteiger partial charge in [0.15, 0.2) is 0 Å². The second-order valence-electron chi connectivity index (χ2n) is 7.17. The maximum atomic E-state index is 12.7. The number of carbonyl (C=O) groups is 1. The lowest BCUT2D eigenvalue weighted by atomic mass is 10.1. The molecule has 3 rings (SSSR count). The number of alkyl halides is 3. The van der Waals surface area contributed by atoms with Gasteiger partial charge in [-0.3, -0.25) is 4.90 Å². The fourth-order valence-electron chi connectivity index (χ4n) is 3.35. The van der Waals surface area contributed by atoms with E-state index in [1.54, 1.807) is 0 Å². The smallest absolute Gasteiger partial charge is 0.334 e. The van der Waals surface area contributed by atoms with Gasteiger partial charge >= 0.3 is 12.2 Å². The molecule has 1 aliphatic rings. The number of nitrogens with one attached hydrogen (secondary N) is 2. The van der Waals surface area contributed by atoms with Gasteiger partial charge in [-0.25, -0.2) is 4.79 Å².